The van der Waals surface area contributed by atoms with Crippen molar-refractivity contribution in [3.8, 4) is 0 Å². The second-order valence-corrected chi connectivity index (χ2v) is 8.80. The van der Waals surface area contributed by atoms with Crippen LogP contribution in [0.5, 0.6) is 0 Å². The quantitative estimate of drug-likeness (QED) is 0.747. The molecule has 1 amide bonds. The largest absolute Gasteiger partial charge is 0.444 e. The Labute approximate surface area is 166 Å². The number of carbonyl (C=O) groups excluding carboxylic acids is 3. The van der Waals surface area contributed by atoms with Gasteiger partial charge in [-0.05, 0) is 37.8 Å². The summed E-state index contributed by atoms with van der Waals surface area (Å²) in [5.41, 5.74) is 1.79. The predicted octanol–water partition coefficient (Wildman–Crippen LogP) is 3.15. The molecular formula is C22H30N2O4. The summed E-state index contributed by atoms with van der Waals surface area (Å²) in [7, 11) is 0. The molecular weight excluding hydrogens is 356 g/mol. The molecule has 2 aliphatic rings. The van der Waals surface area contributed by atoms with Crippen molar-refractivity contribution in [2.45, 2.75) is 58.1 Å². The zero-order valence-electron chi connectivity index (χ0n) is 17.1. The van der Waals surface area contributed by atoms with Crippen molar-refractivity contribution in [3.63, 3.8) is 0 Å². The number of carbonyl (C=O) groups is 3. The highest BCUT2D eigenvalue weighted by Gasteiger charge is 2.29. The number of hydrogen-bond acceptors (Lipinski definition) is 5. The third kappa shape index (κ3) is 5.41. The monoisotopic (exact) mass is 386 g/mol. The van der Waals surface area contributed by atoms with E-state index in [2.05, 4.69) is 11.0 Å². The lowest BCUT2D eigenvalue weighted by atomic mass is 9.81. The van der Waals surface area contributed by atoms with Crippen LogP contribution in [0.25, 0.3) is 0 Å². The van der Waals surface area contributed by atoms with Crippen molar-refractivity contribution in [3.05, 3.63) is 35.4 Å². The molecule has 1 saturated heterocycles. The third-order valence-corrected chi connectivity index (χ3v) is 5.26. The Kier molecular flexibility index (Phi) is 6.18. The van der Waals surface area contributed by atoms with Gasteiger partial charge in [0.05, 0.1) is 6.42 Å². The van der Waals surface area contributed by atoms with E-state index in [1.165, 1.54) is 5.56 Å². The first kappa shape index (κ1) is 20.5. The SMILES string of the molecule is CC(C)(C)OC(=O)N1CCN(Cc2ccccc2C2CC(=O)CC(=O)C2)CC1. The lowest BCUT2D eigenvalue weighted by Gasteiger charge is -2.36. The number of ether oxygens (including phenoxy) is 1. The molecule has 3 rings (SSSR count). The van der Waals surface area contributed by atoms with Gasteiger partial charge < -0.3 is 9.64 Å². The molecule has 0 atom stereocenters. The number of ketones is 2. The highest BCUT2D eigenvalue weighted by atomic mass is 16.6. The van der Waals surface area contributed by atoms with Crippen LogP contribution in [0.3, 0.4) is 0 Å². The summed E-state index contributed by atoms with van der Waals surface area (Å²) in [4.78, 5) is 40.0. The van der Waals surface area contributed by atoms with Crippen molar-refractivity contribution in [2.24, 2.45) is 0 Å². The van der Waals surface area contributed by atoms with E-state index in [0.29, 0.717) is 25.9 Å². The van der Waals surface area contributed by atoms with Gasteiger partial charge in [-0.25, -0.2) is 4.79 Å². The van der Waals surface area contributed by atoms with E-state index in [1.807, 2.05) is 39.0 Å². The Morgan fingerprint density at radius 3 is 2.25 bits per heavy atom. The molecule has 1 aliphatic carbocycles. The minimum absolute atomic E-state index is 0.00648. The summed E-state index contributed by atoms with van der Waals surface area (Å²) in [5, 5.41) is 0. The van der Waals surface area contributed by atoms with Gasteiger partial charge in [-0.3, -0.25) is 14.5 Å². The molecule has 1 heterocycles. The fourth-order valence-corrected chi connectivity index (χ4v) is 3.94. The molecule has 152 valence electrons. The number of benzene rings is 1. The standard InChI is InChI=1S/C22H30N2O4/c1-22(2,3)28-21(27)24-10-8-23(9-11-24)15-16-6-4-5-7-20(16)17-12-18(25)14-19(26)13-17/h4-7,17H,8-15H2,1-3H3. The van der Waals surface area contributed by atoms with Crippen LogP contribution in [-0.4, -0.2) is 59.2 Å². The second kappa shape index (κ2) is 8.43. The van der Waals surface area contributed by atoms with Gasteiger partial charge in [0.1, 0.15) is 17.2 Å². The normalized spacial score (nSPS) is 19.8. The summed E-state index contributed by atoms with van der Waals surface area (Å²) >= 11 is 0. The fourth-order valence-electron chi connectivity index (χ4n) is 3.94. The lowest BCUT2D eigenvalue weighted by Crippen LogP contribution is -2.49. The number of hydrogen-bond donors (Lipinski definition) is 0. The highest BCUT2D eigenvalue weighted by molar-refractivity contribution is 6.02. The molecule has 1 aromatic rings. The van der Waals surface area contributed by atoms with Crippen LogP contribution in [0.4, 0.5) is 4.79 Å². The zero-order chi connectivity index (χ0) is 20.3. The van der Waals surface area contributed by atoms with E-state index < -0.39 is 5.60 Å². The van der Waals surface area contributed by atoms with E-state index in [4.69, 9.17) is 4.74 Å². The molecule has 0 spiro atoms. The molecule has 1 saturated carbocycles. The number of amides is 1. The van der Waals surface area contributed by atoms with Crippen molar-refractivity contribution >= 4 is 17.7 Å². The van der Waals surface area contributed by atoms with Gasteiger partial charge in [-0.2, -0.15) is 0 Å². The molecule has 0 bridgehead atoms. The van der Waals surface area contributed by atoms with Gasteiger partial charge >= 0.3 is 6.09 Å². The molecule has 0 unspecified atom stereocenters. The van der Waals surface area contributed by atoms with Gasteiger partial charge in [0.2, 0.25) is 0 Å². The predicted molar refractivity (Wildman–Crippen MR) is 106 cm³/mol. The summed E-state index contributed by atoms with van der Waals surface area (Å²) in [6.07, 6.45) is 0.738. The van der Waals surface area contributed by atoms with Crippen LogP contribution in [0.2, 0.25) is 0 Å². The number of piperazine rings is 1. The second-order valence-electron chi connectivity index (χ2n) is 8.80. The van der Waals surface area contributed by atoms with Crippen molar-refractivity contribution < 1.29 is 19.1 Å². The number of Topliss-reactive ketones (excluding diaryl/α,β-unsaturated/α-hetero) is 2. The van der Waals surface area contributed by atoms with Gasteiger partial charge in [0.15, 0.2) is 0 Å². The van der Waals surface area contributed by atoms with Crippen LogP contribution in [-0.2, 0) is 20.9 Å². The van der Waals surface area contributed by atoms with Crippen LogP contribution < -0.4 is 0 Å². The maximum absolute atomic E-state index is 12.2. The Balaban J connectivity index is 1.61. The fraction of sp³-hybridized carbons (Fsp3) is 0.591. The first-order chi connectivity index (χ1) is 13.2. The van der Waals surface area contributed by atoms with E-state index in [1.54, 1.807) is 4.90 Å². The van der Waals surface area contributed by atoms with Crippen molar-refractivity contribution in [1.82, 2.24) is 9.80 Å². The van der Waals surface area contributed by atoms with Gasteiger partial charge in [0, 0.05) is 45.6 Å². The average Bonchev–Trinajstić information content (AvgIpc) is 2.60. The maximum Gasteiger partial charge on any atom is 0.410 e. The van der Waals surface area contributed by atoms with Crippen LogP contribution in [0, 0.1) is 0 Å². The van der Waals surface area contributed by atoms with Gasteiger partial charge in [-0.15, -0.1) is 0 Å². The maximum atomic E-state index is 12.2. The number of nitrogens with zero attached hydrogens (tertiary/aromatic N) is 2. The topological polar surface area (TPSA) is 66.9 Å². The molecule has 1 aliphatic heterocycles. The molecule has 6 heteroatoms. The Bertz CT molecular complexity index is 729. The molecule has 1 aromatic carbocycles. The minimum atomic E-state index is -0.484. The van der Waals surface area contributed by atoms with E-state index in [-0.39, 0.29) is 30.0 Å². The molecule has 28 heavy (non-hydrogen) atoms. The molecule has 0 aromatic heterocycles. The average molecular weight is 386 g/mol. The lowest BCUT2D eigenvalue weighted by molar-refractivity contribution is -0.130. The molecule has 2 fully saturated rings. The Morgan fingerprint density at radius 1 is 1.04 bits per heavy atom. The van der Waals surface area contributed by atoms with E-state index >= 15 is 0 Å². The van der Waals surface area contributed by atoms with Crippen LogP contribution >= 0.6 is 0 Å². The van der Waals surface area contributed by atoms with Gasteiger partial charge in [0.25, 0.3) is 0 Å². The number of rotatable bonds is 3. The van der Waals surface area contributed by atoms with Crippen molar-refractivity contribution in [2.75, 3.05) is 26.2 Å². The Hall–Kier alpha value is -2.21. The summed E-state index contributed by atoms with van der Waals surface area (Å²) in [5.74, 6) is 0.0806. The first-order valence-corrected chi connectivity index (χ1v) is 10.0. The molecule has 0 radical (unpaired) electrons. The highest BCUT2D eigenvalue weighted by Crippen LogP contribution is 2.32. The summed E-state index contributed by atoms with van der Waals surface area (Å²) < 4.78 is 5.45. The van der Waals surface area contributed by atoms with E-state index in [9.17, 15) is 14.4 Å². The third-order valence-electron chi connectivity index (χ3n) is 5.26. The zero-order valence-corrected chi connectivity index (χ0v) is 17.1. The minimum Gasteiger partial charge on any atom is -0.444 e. The van der Waals surface area contributed by atoms with Crippen LogP contribution in [0.1, 0.15) is 57.1 Å². The summed E-state index contributed by atoms with van der Waals surface area (Å²) in [6.45, 7) is 9.20. The van der Waals surface area contributed by atoms with Crippen molar-refractivity contribution in [1.29, 1.82) is 0 Å². The van der Waals surface area contributed by atoms with Crippen LogP contribution in [0.15, 0.2) is 24.3 Å². The smallest absolute Gasteiger partial charge is 0.410 e. The van der Waals surface area contributed by atoms with E-state index in [0.717, 1.165) is 25.2 Å². The molecule has 0 N–H and O–H groups in total. The first-order valence-electron chi connectivity index (χ1n) is 10.0. The Morgan fingerprint density at radius 2 is 1.64 bits per heavy atom. The summed E-state index contributed by atoms with van der Waals surface area (Å²) in [6, 6.07) is 8.10. The molecule has 6 nitrogen and oxygen atoms in total. The van der Waals surface area contributed by atoms with Gasteiger partial charge in [-0.1, -0.05) is 24.3 Å².